The lowest BCUT2D eigenvalue weighted by Gasteiger charge is -2.09. The minimum Gasteiger partial charge on any atom is -0.497 e. The maximum absolute atomic E-state index is 12.3. The van der Waals surface area contributed by atoms with Crippen molar-refractivity contribution in [1.82, 2.24) is 14.8 Å². The first-order valence-corrected chi connectivity index (χ1v) is 9.09. The van der Waals surface area contributed by atoms with Crippen LogP contribution in [0.2, 0.25) is 0 Å². The first-order valence-electron chi connectivity index (χ1n) is 8.10. The maximum Gasteiger partial charge on any atom is 0.234 e. The van der Waals surface area contributed by atoms with Crippen molar-refractivity contribution >= 4 is 23.4 Å². The average Bonchev–Trinajstić information content (AvgIpc) is 3.03. The quantitative estimate of drug-likeness (QED) is 0.674. The molecule has 6 nitrogen and oxygen atoms in total. The Morgan fingerprint density at radius 1 is 1.19 bits per heavy atom. The summed E-state index contributed by atoms with van der Waals surface area (Å²) >= 11 is 1.36. The van der Waals surface area contributed by atoms with E-state index in [1.165, 1.54) is 11.8 Å². The summed E-state index contributed by atoms with van der Waals surface area (Å²) in [5.41, 5.74) is 2.72. The summed E-state index contributed by atoms with van der Waals surface area (Å²) in [5, 5.41) is 12.0. The molecule has 0 aliphatic rings. The molecule has 0 aliphatic heterocycles. The van der Waals surface area contributed by atoms with Crippen LogP contribution in [0.15, 0.2) is 53.7 Å². The molecule has 0 aliphatic carbocycles. The smallest absolute Gasteiger partial charge is 0.234 e. The number of aromatic nitrogens is 3. The van der Waals surface area contributed by atoms with Gasteiger partial charge in [-0.15, -0.1) is 10.2 Å². The number of thioether (sulfide) groups is 1. The summed E-state index contributed by atoms with van der Waals surface area (Å²) in [5.74, 6) is 1.71. The molecule has 0 saturated heterocycles. The first kappa shape index (κ1) is 18.0. The molecule has 134 valence electrons. The van der Waals surface area contributed by atoms with E-state index >= 15 is 0 Å². The third kappa shape index (κ3) is 4.05. The molecule has 0 atom stereocenters. The number of benzene rings is 2. The van der Waals surface area contributed by atoms with Gasteiger partial charge < -0.3 is 14.6 Å². The number of ether oxygens (including phenoxy) is 1. The fraction of sp³-hybridized carbons (Fsp3) is 0.211. The Morgan fingerprint density at radius 2 is 1.96 bits per heavy atom. The monoisotopic (exact) mass is 368 g/mol. The van der Waals surface area contributed by atoms with Crippen LogP contribution < -0.4 is 10.1 Å². The van der Waals surface area contributed by atoms with Crippen molar-refractivity contribution in [3.63, 3.8) is 0 Å². The molecule has 1 aromatic heterocycles. The van der Waals surface area contributed by atoms with Crippen molar-refractivity contribution in [2.45, 2.75) is 12.1 Å². The summed E-state index contributed by atoms with van der Waals surface area (Å²) in [6.45, 7) is 1.93. The molecule has 0 spiro atoms. The molecule has 0 unspecified atom stereocenters. The third-order valence-electron chi connectivity index (χ3n) is 3.91. The van der Waals surface area contributed by atoms with Crippen molar-refractivity contribution in [1.29, 1.82) is 0 Å². The fourth-order valence-corrected chi connectivity index (χ4v) is 3.21. The second-order valence-electron chi connectivity index (χ2n) is 5.75. The number of anilines is 1. The highest BCUT2D eigenvalue weighted by Crippen LogP contribution is 2.24. The predicted octanol–water partition coefficient (Wildman–Crippen LogP) is 3.53. The van der Waals surface area contributed by atoms with Crippen LogP contribution in [0.5, 0.6) is 5.75 Å². The molecule has 1 amide bonds. The standard InChI is InChI=1S/C19H20N4O2S/c1-13-11-15(25-3)9-10-16(13)20-17(24)12-26-19-22-21-18(23(19)2)14-7-5-4-6-8-14/h4-11H,12H2,1-3H3,(H,20,24). The molecule has 0 radical (unpaired) electrons. The van der Waals surface area contributed by atoms with E-state index in [1.54, 1.807) is 7.11 Å². The molecule has 2 aromatic carbocycles. The van der Waals surface area contributed by atoms with Crippen LogP contribution in [0.3, 0.4) is 0 Å². The van der Waals surface area contributed by atoms with Crippen molar-refractivity contribution < 1.29 is 9.53 Å². The second kappa shape index (κ2) is 8.05. The van der Waals surface area contributed by atoms with Crippen LogP contribution >= 0.6 is 11.8 Å². The molecule has 7 heteroatoms. The van der Waals surface area contributed by atoms with Gasteiger partial charge in [-0.2, -0.15) is 0 Å². The highest BCUT2D eigenvalue weighted by molar-refractivity contribution is 7.99. The Labute approximate surface area is 156 Å². The number of nitrogens with zero attached hydrogens (tertiary/aromatic N) is 3. The van der Waals surface area contributed by atoms with Gasteiger partial charge in [-0.05, 0) is 30.7 Å². The number of carbonyl (C=O) groups is 1. The lowest BCUT2D eigenvalue weighted by atomic mass is 10.2. The van der Waals surface area contributed by atoms with Gasteiger partial charge in [-0.1, -0.05) is 42.1 Å². The van der Waals surface area contributed by atoms with Gasteiger partial charge in [-0.25, -0.2) is 0 Å². The average molecular weight is 368 g/mol. The normalized spacial score (nSPS) is 10.6. The highest BCUT2D eigenvalue weighted by Gasteiger charge is 2.13. The minimum atomic E-state index is -0.0903. The van der Waals surface area contributed by atoms with E-state index in [4.69, 9.17) is 4.74 Å². The lowest BCUT2D eigenvalue weighted by Crippen LogP contribution is -2.15. The zero-order valence-corrected chi connectivity index (χ0v) is 15.7. The topological polar surface area (TPSA) is 69.0 Å². The van der Waals surface area contributed by atoms with E-state index < -0.39 is 0 Å². The first-order chi connectivity index (χ1) is 12.6. The summed E-state index contributed by atoms with van der Waals surface area (Å²) in [4.78, 5) is 12.3. The van der Waals surface area contributed by atoms with Crippen LogP contribution in [0, 0.1) is 6.92 Å². The van der Waals surface area contributed by atoms with E-state index in [2.05, 4.69) is 15.5 Å². The highest BCUT2D eigenvalue weighted by atomic mass is 32.2. The summed E-state index contributed by atoms with van der Waals surface area (Å²) in [7, 11) is 3.52. The van der Waals surface area contributed by atoms with Crippen LogP contribution in [0.25, 0.3) is 11.4 Å². The number of hydrogen-bond acceptors (Lipinski definition) is 5. The van der Waals surface area contributed by atoms with E-state index in [0.29, 0.717) is 5.16 Å². The zero-order chi connectivity index (χ0) is 18.5. The molecule has 3 aromatic rings. The number of rotatable bonds is 6. The molecule has 0 saturated carbocycles. The zero-order valence-electron chi connectivity index (χ0n) is 14.9. The van der Waals surface area contributed by atoms with Crippen molar-refractivity contribution in [2.75, 3.05) is 18.2 Å². The number of nitrogens with one attached hydrogen (secondary N) is 1. The SMILES string of the molecule is COc1ccc(NC(=O)CSc2nnc(-c3ccccc3)n2C)c(C)c1. The van der Waals surface area contributed by atoms with E-state index in [0.717, 1.165) is 28.4 Å². The minimum absolute atomic E-state index is 0.0903. The second-order valence-corrected chi connectivity index (χ2v) is 6.69. The maximum atomic E-state index is 12.3. The number of amides is 1. The van der Waals surface area contributed by atoms with Crippen LogP contribution in [0.4, 0.5) is 5.69 Å². The van der Waals surface area contributed by atoms with Gasteiger partial charge in [0.05, 0.1) is 12.9 Å². The van der Waals surface area contributed by atoms with E-state index in [-0.39, 0.29) is 11.7 Å². The van der Waals surface area contributed by atoms with Gasteiger partial charge in [0.25, 0.3) is 0 Å². The molecule has 26 heavy (non-hydrogen) atoms. The fourth-order valence-electron chi connectivity index (χ4n) is 2.50. The van der Waals surface area contributed by atoms with Gasteiger partial charge >= 0.3 is 0 Å². The Bertz CT molecular complexity index is 909. The summed E-state index contributed by atoms with van der Waals surface area (Å²) < 4.78 is 7.07. The molecule has 1 N–H and O–H groups in total. The molecular formula is C19H20N4O2S. The number of carbonyl (C=O) groups excluding carboxylic acids is 1. The molecule has 0 bridgehead atoms. The van der Waals surface area contributed by atoms with E-state index in [9.17, 15) is 4.79 Å². The molecule has 1 heterocycles. The summed E-state index contributed by atoms with van der Waals surface area (Å²) in [6, 6.07) is 15.4. The van der Waals surface area contributed by atoms with Crippen LogP contribution in [0.1, 0.15) is 5.56 Å². The predicted molar refractivity (Wildman–Crippen MR) is 104 cm³/mol. The van der Waals surface area contributed by atoms with Gasteiger partial charge in [0, 0.05) is 18.3 Å². The van der Waals surface area contributed by atoms with Gasteiger partial charge in [0.2, 0.25) is 5.91 Å². The molecule has 3 rings (SSSR count). The Kier molecular flexibility index (Phi) is 5.58. The Balaban J connectivity index is 1.63. The number of hydrogen-bond donors (Lipinski definition) is 1. The van der Waals surface area contributed by atoms with Crippen molar-refractivity contribution in [3.05, 3.63) is 54.1 Å². The van der Waals surface area contributed by atoms with Crippen molar-refractivity contribution in [2.24, 2.45) is 7.05 Å². The lowest BCUT2D eigenvalue weighted by molar-refractivity contribution is -0.113. The van der Waals surface area contributed by atoms with Gasteiger partial charge in [0.1, 0.15) is 5.75 Å². The van der Waals surface area contributed by atoms with Crippen LogP contribution in [-0.4, -0.2) is 33.5 Å². The number of methoxy groups -OCH3 is 1. The van der Waals surface area contributed by atoms with Crippen molar-refractivity contribution in [3.8, 4) is 17.1 Å². The Morgan fingerprint density at radius 3 is 2.65 bits per heavy atom. The van der Waals surface area contributed by atoms with Crippen LogP contribution in [-0.2, 0) is 11.8 Å². The summed E-state index contributed by atoms with van der Waals surface area (Å²) in [6.07, 6.45) is 0. The molecular weight excluding hydrogens is 348 g/mol. The molecule has 0 fully saturated rings. The number of aryl methyl sites for hydroxylation is 1. The van der Waals surface area contributed by atoms with Gasteiger partial charge in [0.15, 0.2) is 11.0 Å². The Hall–Kier alpha value is -2.80. The van der Waals surface area contributed by atoms with Gasteiger partial charge in [-0.3, -0.25) is 4.79 Å². The van der Waals surface area contributed by atoms with E-state index in [1.807, 2.05) is 67.1 Å². The third-order valence-corrected chi connectivity index (χ3v) is 4.93. The largest absolute Gasteiger partial charge is 0.497 e.